The normalized spacial score (nSPS) is 14.5. The molecule has 0 N–H and O–H groups in total. The minimum atomic E-state index is -6.16. The van der Waals surface area contributed by atoms with Crippen LogP contribution in [0.3, 0.4) is 0 Å². The molecule has 0 heterocycles. The zero-order chi connectivity index (χ0) is 12.4. The van der Waals surface area contributed by atoms with Gasteiger partial charge in [-0.15, -0.1) is 0 Å². The fourth-order valence-electron chi connectivity index (χ4n) is 1.98. The van der Waals surface area contributed by atoms with E-state index in [4.69, 9.17) is 0 Å². The molecule has 0 unspecified atom stereocenters. The van der Waals surface area contributed by atoms with E-state index in [1.165, 1.54) is 0 Å². The van der Waals surface area contributed by atoms with Gasteiger partial charge in [0.25, 0.3) is 0 Å². The molecular formula is C12H19F3S. The smallest absolute Gasteiger partial charge is 0.0685 e. The molecule has 0 spiro atoms. The standard InChI is InChI=1S/C12H19F3S/c1-4-5-9-16(13,14,15)12-10(2)7-6-8-11(12)3/h6-8,16H,4-5,9H2,1-3H3. The van der Waals surface area contributed by atoms with Crippen molar-refractivity contribution in [3.05, 3.63) is 29.3 Å². The third kappa shape index (κ3) is 2.73. The predicted molar refractivity (Wildman–Crippen MR) is 66.3 cm³/mol. The molecule has 0 saturated heterocycles. The molecule has 0 nitrogen and oxygen atoms in total. The second kappa shape index (κ2) is 4.32. The van der Waals surface area contributed by atoms with Gasteiger partial charge in [0.05, 0.1) is 15.2 Å². The summed E-state index contributed by atoms with van der Waals surface area (Å²) in [5, 5.41) is 0. The molecule has 1 rings (SSSR count). The van der Waals surface area contributed by atoms with Crippen molar-refractivity contribution in [1.29, 1.82) is 0 Å². The third-order valence-electron chi connectivity index (χ3n) is 2.73. The Hall–Kier alpha value is -0.640. The molecule has 1 aromatic rings. The summed E-state index contributed by atoms with van der Waals surface area (Å²) in [5.41, 5.74) is 0.725. The van der Waals surface area contributed by atoms with Crippen LogP contribution in [-0.4, -0.2) is 5.75 Å². The minimum absolute atomic E-state index is 0.231. The number of halogens is 3. The summed E-state index contributed by atoms with van der Waals surface area (Å²) < 4.78 is 42.0. The SMILES string of the molecule is CCCC[SH](F)(F)(F)c1c(C)cccc1C. The summed E-state index contributed by atoms with van der Waals surface area (Å²) in [6.07, 6.45) is 0.815. The number of thiol groups is 1. The Balaban J connectivity index is 3.24. The fraction of sp³-hybridized carbons (Fsp3) is 0.500. The van der Waals surface area contributed by atoms with Gasteiger partial charge in [0.2, 0.25) is 0 Å². The number of hydrogen-bond acceptors (Lipinski definition) is 0. The largest absolute Gasteiger partial charge is 0.151 e. The molecule has 0 fully saturated rings. The predicted octanol–water partition coefficient (Wildman–Crippen LogP) is 5.19. The van der Waals surface area contributed by atoms with Crippen LogP contribution in [0.5, 0.6) is 0 Å². The van der Waals surface area contributed by atoms with Crippen molar-refractivity contribution in [2.75, 3.05) is 5.75 Å². The lowest BCUT2D eigenvalue weighted by atomic mass is 10.2. The maximum Gasteiger partial charge on any atom is 0.0685 e. The van der Waals surface area contributed by atoms with E-state index in [-0.39, 0.29) is 11.3 Å². The molecule has 0 aromatic heterocycles. The summed E-state index contributed by atoms with van der Waals surface area (Å²) in [4.78, 5) is -0.332. The van der Waals surface area contributed by atoms with E-state index in [0.717, 1.165) is 0 Å². The zero-order valence-corrected chi connectivity index (χ0v) is 10.8. The maximum atomic E-state index is 14.0. The van der Waals surface area contributed by atoms with E-state index in [2.05, 4.69) is 0 Å². The zero-order valence-electron chi connectivity index (χ0n) is 9.93. The van der Waals surface area contributed by atoms with E-state index in [0.29, 0.717) is 17.5 Å². The van der Waals surface area contributed by atoms with Crippen LogP contribution in [0.15, 0.2) is 23.1 Å². The van der Waals surface area contributed by atoms with Gasteiger partial charge in [-0.25, -0.2) is 0 Å². The van der Waals surface area contributed by atoms with Crippen LogP contribution < -0.4 is 0 Å². The average molecular weight is 252 g/mol. The molecule has 0 aliphatic heterocycles. The van der Waals surface area contributed by atoms with Gasteiger partial charge in [-0.3, -0.25) is 0 Å². The van der Waals surface area contributed by atoms with Crippen molar-refractivity contribution in [3.8, 4) is 0 Å². The van der Waals surface area contributed by atoms with Crippen LogP contribution in [-0.2, 0) is 0 Å². The Labute approximate surface area is 96.0 Å². The number of benzene rings is 1. The van der Waals surface area contributed by atoms with Crippen molar-refractivity contribution >= 4 is 10.3 Å². The monoisotopic (exact) mass is 252 g/mol. The second-order valence-electron chi connectivity index (χ2n) is 4.28. The van der Waals surface area contributed by atoms with Crippen LogP contribution in [0.4, 0.5) is 11.7 Å². The van der Waals surface area contributed by atoms with Crippen molar-refractivity contribution in [2.45, 2.75) is 38.5 Å². The topological polar surface area (TPSA) is 0 Å². The van der Waals surface area contributed by atoms with E-state index < -0.39 is 16.1 Å². The fourth-order valence-corrected chi connectivity index (χ4v) is 4.49. The lowest BCUT2D eigenvalue weighted by Gasteiger charge is -2.40. The van der Waals surface area contributed by atoms with Crippen LogP contribution in [0, 0.1) is 13.8 Å². The molecular weight excluding hydrogens is 233 g/mol. The van der Waals surface area contributed by atoms with Gasteiger partial charge in [0.1, 0.15) is 0 Å². The van der Waals surface area contributed by atoms with Gasteiger partial charge in [-0.1, -0.05) is 31.5 Å². The molecule has 1 aromatic carbocycles. The summed E-state index contributed by atoms with van der Waals surface area (Å²) in [6, 6.07) is 4.78. The lowest BCUT2D eigenvalue weighted by Crippen LogP contribution is -2.09. The van der Waals surface area contributed by atoms with Crippen LogP contribution in [0.2, 0.25) is 0 Å². The summed E-state index contributed by atoms with van der Waals surface area (Å²) in [7, 11) is -6.16. The van der Waals surface area contributed by atoms with Crippen LogP contribution in [0.1, 0.15) is 30.9 Å². The number of unbranched alkanes of at least 4 members (excludes halogenated alkanes) is 1. The van der Waals surface area contributed by atoms with Crippen molar-refractivity contribution in [2.24, 2.45) is 0 Å². The third-order valence-corrected chi connectivity index (χ3v) is 5.30. The Morgan fingerprint density at radius 3 is 2.00 bits per heavy atom. The van der Waals surface area contributed by atoms with Gasteiger partial charge < -0.3 is 0 Å². The van der Waals surface area contributed by atoms with Gasteiger partial charge in [0.15, 0.2) is 0 Å². The minimum Gasteiger partial charge on any atom is -0.151 e. The first-order valence-corrected chi connectivity index (χ1v) is 7.59. The molecule has 0 atom stereocenters. The van der Waals surface area contributed by atoms with E-state index >= 15 is 0 Å². The summed E-state index contributed by atoms with van der Waals surface area (Å²) in [5.74, 6) is -0.617. The molecule has 0 aliphatic rings. The van der Waals surface area contributed by atoms with Crippen molar-refractivity contribution in [1.82, 2.24) is 0 Å². The first kappa shape index (κ1) is 13.4. The Morgan fingerprint density at radius 2 is 1.56 bits per heavy atom. The highest BCUT2D eigenvalue weighted by Crippen LogP contribution is 2.81. The van der Waals surface area contributed by atoms with Gasteiger partial charge in [0, 0.05) is 5.75 Å². The second-order valence-corrected chi connectivity index (χ2v) is 7.10. The molecule has 16 heavy (non-hydrogen) atoms. The van der Waals surface area contributed by atoms with E-state index in [1.807, 2.05) is 0 Å². The van der Waals surface area contributed by atoms with Crippen LogP contribution >= 0.6 is 10.3 Å². The lowest BCUT2D eigenvalue weighted by molar-refractivity contribution is 0.575. The number of aryl methyl sites for hydroxylation is 2. The first-order chi connectivity index (χ1) is 7.26. The molecule has 94 valence electrons. The summed E-state index contributed by atoms with van der Waals surface area (Å²) >= 11 is 0. The Kier molecular flexibility index (Phi) is 3.62. The Bertz CT molecular complexity index is 359. The van der Waals surface area contributed by atoms with Crippen LogP contribution in [0.25, 0.3) is 0 Å². The average Bonchev–Trinajstić information content (AvgIpc) is 2.13. The first-order valence-electron chi connectivity index (χ1n) is 5.50. The van der Waals surface area contributed by atoms with Crippen molar-refractivity contribution < 1.29 is 11.7 Å². The van der Waals surface area contributed by atoms with Crippen molar-refractivity contribution in [3.63, 3.8) is 0 Å². The van der Waals surface area contributed by atoms with E-state index in [1.54, 1.807) is 39.0 Å². The number of rotatable bonds is 4. The Morgan fingerprint density at radius 1 is 1.06 bits per heavy atom. The number of hydrogen-bond donors (Lipinski definition) is 1. The highest BCUT2D eigenvalue weighted by atomic mass is 32.4. The van der Waals surface area contributed by atoms with Gasteiger partial charge in [-0.05, 0) is 31.4 Å². The van der Waals surface area contributed by atoms with E-state index in [9.17, 15) is 11.7 Å². The van der Waals surface area contributed by atoms with Gasteiger partial charge in [-0.2, -0.15) is 11.7 Å². The summed E-state index contributed by atoms with van der Waals surface area (Å²) in [6.45, 7) is 4.89. The van der Waals surface area contributed by atoms with Gasteiger partial charge >= 0.3 is 0 Å². The molecule has 0 radical (unpaired) electrons. The molecule has 0 amide bonds. The quantitative estimate of drug-likeness (QED) is 0.700. The maximum absolute atomic E-state index is 14.0. The molecule has 0 bridgehead atoms. The highest BCUT2D eigenvalue weighted by molar-refractivity contribution is 8.37. The molecule has 0 saturated carbocycles. The molecule has 0 aliphatic carbocycles. The molecule has 4 heteroatoms. The highest BCUT2D eigenvalue weighted by Gasteiger charge is 2.42.